The van der Waals surface area contributed by atoms with Crippen molar-refractivity contribution >= 4 is 29.3 Å². The molecule has 0 aliphatic heterocycles. The van der Waals surface area contributed by atoms with Crippen molar-refractivity contribution in [1.82, 2.24) is 9.78 Å². The van der Waals surface area contributed by atoms with Crippen LogP contribution in [0.3, 0.4) is 0 Å². The molecule has 4 nitrogen and oxygen atoms in total. The molecule has 0 unspecified atom stereocenters. The minimum atomic E-state index is -0.459. The fourth-order valence-electron chi connectivity index (χ4n) is 3.20. The van der Waals surface area contributed by atoms with Crippen molar-refractivity contribution in [2.24, 2.45) is 7.05 Å². The highest BCUT2D eigenvalue weighted by Gasteiger charge is 2.21. The fourth-order valence-corrected chi connectivity index (χ4v) is 4.36. The maximum absolute atomic E-state index is 12.7. The summed E-state index contributed by atoms with van der Waals surface area (Å²) in [6.45, 7) is 2.15. The molecule has 1 heterocycles. The van der Waals surface area contributed by atoms with Gasteiger partial charge in [-0.15, -0.1) is 0 Å². The molecule has 31 heavy (non-hydrogen) atoms. The maximum Gasteiger partial charge on any atom is 0.339 e. The number of halogens is 1. The van der Waals surface area contributed by atoms with Gasteiger partial charge in [0.15, 0.2) is 0 Å². The number of hydrogen-bond acceptors (Lipinski definition) is 4. The molecule has 0 spiro atoms. The van der Waals surface area contributed by atoms with Crippen LogP contribution in [0, 0.1) is 6.92 Å². The van der Waals surface area contributed by atoms with Crippen LogP contribution in [0.15, 0.2) is 88.8 Å². The lowest BCUT2D eigenvalue weighted by Gasteiger charge is -2.10. The number of aromatic nitrogens is 2. The van der Waals surface area contributed by atoms with E-state index in [1.807, 2.05) is 42.1 Å². The van der Waals surface area contributed by atoms with E-state index in [9.17, 15) is 4.79 Å². The molecule has 0 saturated carbocycles. The van der Waals surface area contributed by atoms with Crippen LogP contribution in [0.1, 0.15) is 21.5 Å². The van der Waals surface area contributed by atoms with Crippen molar-refractivity contribution < 1.29 is 9.53 Å². The summed E-state index contributed by atoms with van der Waals surface area (Å²) in [5, 5.41) is 6.04. The second-order valence-electron chi connectivity index (χ2n) is 7.09. The van der Waals surface area contributed by atoms with E-state index in [0.717, 1.165) is 26.7 Å². The van der Waals surface area contributed by atoms with E-state index in [1.54, 1.807) is 36.0 Å². The molecule has 0 N–H and O–H groups in total. The second kappa shape index (κ2) is 9.41. The molecule has 0 fully saturated rings. The Morgan fingerprint density at radius 2 is 1.68 bits per heavy atom. The Kier molecular flexibility index (Phi) is 6.44. The predicted octanol–water partition coefficient (Wildman–Crippen LogP) is 6.56. The van der Waals surface area contributed by atoms with Crippen molar-refractivity contribution in [3.63, 3.8) is 0 Å². The zero-order valence-corrected chi connectivity index (χ0v) is 18.8. The molecule has 4 rings (SSSR count). The largest absolute Gasteiger partial charge is 0.457 e. The Morgan fingerprint density at radius 1 is 1.00 bits per heavy atom. The highest BCUT2D eigenvalue weighted by atomic mass is 35.5. The van der Waals surface area contributed by atoms with Crippen LogP contribution in [-0.2, 0) is 18.4 Å². The molecule has 6 heteroatoms. The zero-order chi connectivity index (χ0) is 21.8. The van der Waals surface area contributed by atoms with E-state index >= 15 is 0 Å². The van der Waals surface area contributed by atoms with Crippen molar-refractivity contribution in [2.75, 3.05) is 0 Å². The van der Waals surface area contributed by atoms with Crippen molar-refractivity contribution in [1.29, 1.82) is 0 Å². The molecule has 4 aromatic rings. The van der Waals surface area contributed by atoms with E-state index in [-0.39, 0.29) is 6.61 Å². The number of hydrogen-bond donors (Lipinski definition) is 0. The van der Waals surface area contributed by atoms with Gasteiger partial charge in [0.1, 0.15) is 17.3 Å². The van der Waals surface area contributed by atoms with Crippen LogP contribution in [0.4, 0.5) is 0 Å². The van der Waals surface area contributed by atoms with Crippen molar-refractivity contribution in [2.45, 2.75) is 23.5 Å². The molecule has 0 radical (unpaired) electrons. The molecule has 0 bridgehead atoms. The lowest BCUT2D eigenvalue weighted by Crippen LogP contribution is -2.07. The number of benzene rings is 3. The zero-order valence-electron chi connectivity index (χ0n) is 17.2. The smallest absolute Gasteiger partial charge is 0.339 e. The molecule has 0 saturated heterocycles. The highest BCUT2D eigenvalue weighted by Crippen LogP contribution is 2.36. The molecule has 3 aromatic carbocycles. The summed E-state index contributed by atoms with van der Waals surface area (Å²) in [5.41, 5.74) is 4.18. The molecular formula is C25H21ClN2O2S. The summed E-state index contributed by atoms with van der Waals surface area (Å²) in [6.07, 6.45) is 0. The number of carbonyl (C=O) groups excluding carboxylic acids is 1. The predicted molar refractivity (Wildman–Crippen MR) is 125 cm³/mol. The Labute approximate surface area is 190 Å². The number of nitrogens with zero attached hydrogens (tertiary/aromatic N) is 2. The van der Waals surface area contributed by atoms with Crippen LogP contribution in [0.2, 0.25) is 5.02 Å². The number of rotatable bonds is 6. The topological polar surface area (TPSA) is 44.1 Å². The first kappa shape index (κ1) is 21.2. The molecule has 156 valence electrons. The van der Waals surface area contributed by atoms with Crippen molar-refractivity contribution in [3.05, 3.63) is 101 Å². The van der Waals surface area contributed by atoms with Crippen LogP contribution < -0.4 is 0 Å². The van der Waals surface area contributed by atoms with Crippen LogP contribution in [0.25, 0.3) is 11.3 Å². The summed E-state index contributed by atoms with van der Waals surface area (Å²) in [7, 11) is 1.91. The average Bonchev–Trinajstić information content (AvgIpc) is 3.09. The maximum atomic E-state index is 12.7. The lowest BCUT2D eigenvalue weighted by molar-refractivity contribution is 0.0470. The first-order valence-electron chi connectivity index (χ1n) is 9.80. The third kappa shape index (κ3) is 4.84. The van der Waals surface area contributed by atoms with Gasteiger partial charge in [-0.05, 0) is 31.2 Å². The van der Waals surface area contributed by atoms with Crippen LogP contribution in [-0.4, -0.2) is 15.7 Å². The van der Waals surface area contributed by atoms with Gasteiger partial charge in [-0.1, -0.05) is 83.5 Å². The first-order chi connectivity index (χ1) is 15.0. The fraction of sp³-hybridized carbons (Fsp3) is 0.120. The Balaban J connectivity index is 1.68. The Morgan fingerprint density at radius 3 is 2.39 bits per heavy atom. The molecule has 0 aliphatic carbocycles. The van der Waals surface area contributed by atoms with Crippen LogP contribution >= 0.6 is 23.4 Å². The standard InChI is InChI=1S/C25H21ClN2O2S/c1-17-12-14-19(15-13-17)31-24-21(16-30-25(29)20-10-6-7-11-22(20)26)23(27-28(24)2)18-8-4-3-5-9-18/h3-15H,16H2,1-2H3. The molecule has 0 aliphatic rings. The number of carbonyl (C=O) groups is 1. The van der Waals surface area contributed by atoms with Gasteiger partial charge >= 0.3 is 5.97 Å². The van der Waals surface area contributed by atoms with E-state index in [0.29, 0.717) is 10.6 Å². The number of aryl methyl sites for hydroxylation is 2. The van der Waals surface area contributed by atoms with Gasteiger partial charge in [0.2, 0.25) is 0 Å². The third-order valence-corrected chi connectivity index (χ3v) is 6.35. The molecular weight excluding hydrogens is 428 g/mol. The third-order valence-electron chi connectivity index (χ3n) is 4.81. The molecule has 1 aromatic heterocycles. The molecule has 0 atom stereocenters. The normalized spacial score (nSPS) is 10.8. The average molecular weight is 449 g/mol. The van der Waals surface area contributed by atoms with Gasteiger partial charge in [0.25, 0.3) is 0 Å². The van der Waals surface area contributed by atoms with Gasteiger partial charge in [-0.25, -0.2) is 4.79 Å². The van der Waals surface area contributed by atoms with Gasteiger partial charge in [-0.3, -0.25) is 4.68 Å². The van der Waals surface area contributed by atoms with Crippen molar-refractivity contribution in [3.8, 4) is 11.3 Å². The van der Waals surface area contributed by atoms with Gasteiger partial charge in [0.05, 0.1) is 10.6 Å². The summed E-state index contributed by atoms with van der Waals surface area (Å²) in [6, 6.07) is 25.1. The number of ether oxygens (including phenoxy) is 1. The summed E-state index contributed by atoms with van der Waals surface area (Å²) in [5.74, 6) is -0.459. The van der Waals surface area contributed by atoms with E-state index in [2.05, 4.69) is 31.2 Å². The second-order valence-corrected chi connectivity index (χ2v) is 8.56. The summed E-state index contributed by atoms with van der Waals surface area (Å²) < 4.78 is 7.52. The van der Waals surface area contributed by atoms with E-state index in [1.165, 1.54) is 5.56 Å². The van der Waals surface area contributed by atoms with Gasteiger partial charge in [0, 0.05) is 23.1 Å². The van der Waals surface area contributed by atoms with E-state index < -0.39 is 5.97 Å². The Bertz CT molecular complexity index is 1200. The summed E-state index contributed by atoms with van der Waals surface area (Å²) in [4.78, 5) is 13.7. The highest BCUT2D eigenvalue weighted by molar-refractivity contribution is 7.99. The quantitative estimate of drug-likeness (QED) is 0.313. The Hall–Kier alpha value is -3.02. The minimum Gasteiger partial charge on any atom is -0.457 e. The number of esters is 1. The lowest BCUT2D eigenvalue weighted by atomic mass is 10.1. The minimum absolute atomic E-state index is 0.0936. The summed E-state index contributed by atoms with van der Waals surface area (Å²) >= 11 is 7.76. The van der Waals surface area contributed by atoms with E-state index in [4.69, 9.17) is 21.4 Å². The first-order valence-corrected chi connectivity index (χ1v) is 11.0. The van der Waals surface area contributed by atoms with Gasteiger partial charge in [-0.2, -0.15) is 5.10 Å². The SMILES string of the molecule is Cc1ccc(Sc2c(COC(=O)c3ccccc3Cl)c(-c3ccccc3)nn2C)cc1. The monoisotopic (exact) mass is 448 g/mol. The van der Waals surface area contributed by atoms with Gasteiger partial charge < -0.3 is 4.74 Å². The van der Waals surface area contributed by atoms with Crippen LogP contribution in [0.5, 0.6) is 0 Å². The molecule has 0 amide bonds.